The molecule has 1 atom stereocenters. The predicted octanol–water partition coefficient (Wildman–Crippen LogP) is 2.02. The van der Waals surface area contributed by atoms with Crippen LogP contribution < -0.4 is 0 Å². The molecule has 18 heavy (non-hydrogen) atoms. The molecular weight excluding hydrogens is 224 g/mol. The zero-order valence-corrected chi connectivity index (χ0v) is 12.4. The van der Waals surface area contributed by atoms with Gasteiger partial charge in [0.25, 0.3) is 0 Å². The zero-order valence-electron chi connectivity index (χ0n) is 12.4. The van der Waals surface area contributed by atoms with Crippen molar-refractivity contribution in [3.8, 4) is 0 Å². The SMILES string of the molecule is CC(C)N1CCN(CC2CCC(C)(C)C2=O)CC1. The lowest BCUT2D eigenvalue weighted by atomic mass is 9.89. The molecule has 0 N–H and O–H groups in total. The molecule has 0 aromatic heterocycles. The summed E-state index contributed by atoms with van der Waals surface area (Å²) in [4.78, 5) is 17.2. The summed E-state index contributed by atoms with van der Waals surface area (Å²) in [6.07, 6.45) is 2.17. The standard InChI is InChI=1S/C15H28N2O/c1-12(2)17-9-7-16(8-10-17)11-13-5-6-15(3,4)14(13)18/h12-13H,5-11H2,1-4H3. The predicted molar refractivity (Wildman–Crippen MR) is 74.7 cm³/mol. The first-order chi connectivity index (χ1) is 8.40. The van der Waals surface area contributed by atoms with Gasteiger partial charge in [-0.2, -0.15) is 0 Å². The second kappa shape index (κ2) is 5.30. The molecule has 1 heterocycles. The van der Waals surface area contributed by atoms with E-state index in [-0.39, 0.29) is 5.41 Å². The Kier molecular flexibility index (Phi) is 4.12. The van der Waals surface area contributed by atoms with Crippen molar-refractivity contribution in [2.45, 2.75) is 46.6 Å². The van der Waals surface area contributed by atoms with Crippen LogP contribution >= 0.6 is 0 Å². The first kappa shape index (κ1) is 14.0. The molecular formula is C15H28N2O. The lowest BCUT2D eigenvalue weighted by molar-refractivity contribution is -0.128. The molecule has 104 valence electrons. The highest BCUT2D eigenvalue weighted by Crippen LogP contribution is 2.37. The number of ketones is 1. The minimum atomic E-state index is -0.0651. The van der Waals surface area contributed by atoms with E-state index in [9.17, 15) is 4.79 Å². The van der Waals surface area contributed by atoms with E-state index in [1.165, 1.54) is 0 Å². The molecule has 0 spiro atoms. The molecule has 2 rings (SSSR count). The Morgan fingerprint density at radius 3 is 2.28 bits per heavy atom. The van der Waals surface area contributed by atoms with Crippen LogP contribution in [-0.4, -0.2) is 54.3 Å². The molecule has 3 nitrogen and oxygen atoms in total. The van der Waals surface area contributed by atoms with Crippen LogP contribution in [0.2, 0.25) is 0 Å². The minimum absolute atomic E-state index is 0.0651. The second-order valence-corrected chi connectivity index (χ2v) is 6.91. The van der Waals surface area contributed by atoms with E-state index in [1.807, 2.05) is 0 Å². The normalized spacial score (nSPS) is 30.3. The third kappa shape index (κ3) is 2.94. The molecule has 0 amide bonds. The molecule has 1 unspecified atom stereocenters. The average molecular weight is 252 g/mol. The first-order valence-electron chi connectivity index (χ1n) is 7.41. The van der Waals surface area contributed by atoms with Crippen LogP contribution in [0.5, 0.6) is 0 Å². The van der Waals surface area contributed by atoms with Crippen LogP contribution in [-0.2, 0) is 4.79 Å². The van der Waals surface area contributed by atoms with Gasteiger partial charge in [0.05, 0.1) is 0 Å². The Labute approximate surface area is 112 Å². The first-order valence-corrected chi connectivity index (χ1v) is 7.41. The highest BCUT2D eigenvalue weighted by atomic mass is 16.1. The maximum Gasteiger partial charge on any atom is 0.142 e. The van der Waals surface area contributed by atoms with E-state index in [0.29, 0.717) is 17.7 Å². The number of Topliss-reactive ketones (excluding diaryl/α,β-unsaturated/α-hetero) is 1. The molecule has 1 aliphatic carbocycles. The summed E-state index contributed by atoms with van der Waals surface area (Å²) in [5.74, 6) is 0.791. The van der Waals surface area contributed by atoms with Crippen molar-refractivity contribution in [3.05, 3.63) is 0 Å². The van der Waals surface area contributed by atoms with Crippen molar-refractivity contribution in [2.75, 3.05) is 32.7 Å². The summed E-state index contributed by atoms with van der Waals surface area (Å²) in [6, 6.07) is 0.652. The van der Waals surface area contributed by atoms with Crippen molar-refractivity contribution < 1.29 is 4.79 Å². The van der Waals surface area contributed by atoms with Crippen molar-refractivity contribution in [1.82, 2.24) is 9.80 Å². The van der Waals surface area contributed by atoms with E-state index in [2.05, 4.69) is 37.5 Å². The maximum atomic E-state index is 12.2. The fourth-order valence-corrected chi connectivity index (χ4v) is 3.29. The number of nitrogens with zero attached hydrogens (tertiary/aromatic N) is 2. The molecule has 0 bridgehead atoms. The van der Waals surface area contributed by atoms with Crippen LogP contribution in [0.4, 0.5) is 0 Å². The molecule has 3 heteroatoms. The van der Waals surface area contributed by atoms with Crippen LogP contribution in [0.1, 0.15) is 40.5 Å². The van der Waals surface area contributed by atoms with Crippen LogP contribution in [0.25, 0.3) is 0 Å². The van der Waals surface area contributed by atoms with Gasteiger partial charge in [-0.1, -0.05) is 13.8 Å². The monoisotopic (exact) mass is 252 g/mol. The molecule has 2 fully saturated rings. The van der Waals surface area contributed by atoms with Crippen molar-refractivity contribution >= 4 is 5.78 Å². The molecule has 1 aliphatic heterocycles. The molecule has 1 saturated heterocycles. The number of hydrogen-bond acceptors (Lipinski definition) is 3. The molecule has 0 radical (unpaired) electrons. The fraction of sp³-hybridized carbons (Fsp3) is 0.933. The summed E-state index contributed by atoms with van der Waals surface area (Å²) in [7, 11) is 0. The summed E-state index contributed by atoms with van der Waals surface area (Å²) in [5, 5.41) is 0. The van der Waals surface area contributed by atoms with Gasteiger partial charge in [-0.3, -0.25) is 9.69 Å². The van der Waals surface area contributed by atoms with Crippen LogP contribution in [0, 0.1) is 11.3 Å². The molecule has 0 aromatic carbocycles. The van der Waals surface area contributed by atoms with Crippen molar-refractivity contribution in [3.63, 3.8) is 0 Å². The van der Waals surface area contributed by atoms with Gasteiger partial charge in [-0.15, -0.1) is 0 Å². The van der Waals surface area contributed by atoms with Gasteiger partial charge in [0.2, 0.25) is 0 Å². The van der Waals surface area contributed by atoms with Crippen LogP contribution in [0.3, 0.4) is 0 Å². The second-order valence-electron chi connectivity index (χ2n) is 6.91. The number of piperazine rings is 1. The van der Waals surface area contributed by atoms with Gasteiger partial charge in [0.1, 0.15) is 5.78 Å². The van der Waals surface area contributed by atoms with E-state index in [4.69, 9.17) is 0 Å². The summed E-state index contributed by atoms with van der Waals surface area (Å²) in [5.41, 5.74) is -0.0651. The quantitative estimate of drug-likeness (QED) is 0.768. The van der Waals surface area contributed by atoms with Gasteiger partial charge < -0.3 is 4.90 Å². The fourth-order valence-electron chi connectivity index (χ4n) is 3.29. The zero-order chi connectivity index (χ0) is 13.3. The van der Waals surface area contributed by atoms with Gasteiger partial charge >= 0.3 is 0 Å². The molecule has 1 saturated carbocycles. The van der Waals surface area contributed by atoms with Crippen LogP contribution in [0.15, 0.2) is 0 Å². The van der Waals surface area contributed by atoms with E-state index in [1.54, 1.807) is 0 Å². The average Bonchev–Trinajstić information content (AvgIpc) is 2.57. The number of hydrogen-bond donors (Lipinski definition) is 0. The third-order valence-electron chi connectivity index (χ3n) is 4.77. The highest BCUT2D eigenvalue weighted by molar-refractivity contribution is 5.88. The largest absolute Gasteiger partial charge is 0.300 e. The van der Waals surface area contributed by atoms with Gasteiger partial charge in [-0.05, 0) is 26.7 Å². The lowest BCUT2D eigenvalue weighted by Crippen LogP contribution is -2.50. The maximum absolute atomic E-state index is 12.2. The lowest BCUT2D eigenvalue weighted by Gasteiger charge is -2.37. The summed E-state index contributed by atoms with van der Waals surface area (Å²) in [6.45, 7) is 14.3. The van der Waals surface area contributed by atoms with E-state index < -0.39 is 0 Å². The Morgan fingerprint density at radius 1 is 1.22 bits per heavy atom. The Balaban J connectivity index is 1.81. The van der Waals surface area contributed by atoms with Gasteiger partial charge in [-0.25, -0.2) is 0 Å². The van der Waals surface area contributed by atoms with Gasteiger partial charge in [0.15, 0.2) is 0 Å². The highest BCUT2D eigenvalue weighted by Gasteiger charge is 2.40. The number of rotatable bonds is 3. The Hall–Kier alpha value is -0.410. The third-order valence-corrected chi connectivity index (χ3v) is 4.77. The van der Waals surface area contributed by atoms with E-state index >= 15 is 0 Å². The minimum Gasteiger partial charge on any atom is -0.300 e. The van der Waals surface area contributed by atoms with Crippen molar-refractivity contribution in [1.29, 1.82) is 0 Å². The smallest absolute Gasteiger partial charge is 0.142 e. The molecule has 2 aliphatic rings. The topological polar surface area (TPSA) is 23.6 Å². The Morgan fingerprint density at radius 2 is 1.83 bits per heavy atom. The van der Waals surface area contributed by atoms with E-state index in [0.717, 1.165) is 45.6 Å². The Bertz CT molecular complexity index is 304. The van der Waals surface area contributed by atoms with Gasteiger partial charge in [0, 0.05) is 50.1 Å². The number of carbonyl (C=O) groups is 1. The molecule has 0 aromatic rings. The summed E-state index contributed by atoms with van der Waals surface area (Å²) < 4.78 is 0. The van der Waals surface area contributed by atoms with Crippen molar-refractivity contribution in [2.24, 2.45) is 11.3 Å². The summed E-state index contributed by atoms with van der Waals surface area (Å²) >= 11 is 0. The number of carbonyl (C=O) groups excluding carboxylic acids is 1.